The molecule has 3 amide bonds. The Balaban J connectivity index is 1.40. The lowest BCUT2D eigenvalue weighted by Crippen LogP contribution is -2.22. The third kappa shape index (κ3) is 7.85. The highest BCUT2D eigenvalue weighted by Crippen LogP contribution is 2.18. The van der Waals surface area contributed by atoms with E-state index in [0.717, 1.165) is 31.2 Å². The van der Waals surface area contributed by atoms with E-state index in [4.69, 9.17) is 0 Å². The van der Waals surface area contributed by atoms with Gasteiger partial charge >= 0.3 is 0 Å². The summed E-state index contributed by atoms with van der Waals surface area (Å²) in [6, 6.07) is 24.9. The zero-order chi connectivity index (χ0) is 27.5. The summed E-state index contributed by atoms with van der Waals surface area (Å²) in [4.78, 5) is 42.0. The molecule has 0 saturated heterocycles. The normalized spacial score (nSPS) is 10.6. The quantitative estimate of drug-likeness (QED) is 0.216. The standard InChI is InChI=1S/C30H32N6O3/c1-2-3-4-11-16-26(37)31-21-22-17-19-24(20-18-22)27(38)32-29-34-30(33-28(39)23-12-7-5-8-13-23)36(35-29)25-14-9-6-10-15-25/h5-10,12-15,17-20H,2-4,11,16,21H2,1H3,(H,31,37)(H2,32,33,34,35,38,39). The molecular formula is C30H32N6O3. The van der Waals surface area contributed by atoms with Crippen LogP contribution in [0.4, 0.5) is 11.9 Å². The maximum absolute atomic E-state index is 12.9. The average Bonchev–Trinajstić information content (AvgIpc) is 3.37. The number of nitrogens with zero attached hydrogens (tertiary/aromatic N) is 3. The Bertz CT molecular complexity index is 1390. The molecule has 1 aromatic heterocycles. The lowest BCUT2D eigenvalue weighted by molar-refractivity contribution is -0.121. The molecule has 0 bridgehead atoms. The van der Waals surface area contributed by atoms with Gasteiger partial charge in [-0.25, -0.2) is 0 Å². The highest BCUT2D eigenvalue weighted by Gasteiger charge is 2.17. The second-order valence-electron chi connectivity index (χ2n) is 9.06. The summed E-state index contributed by atoms with van der Waals surface area (Å²) >= 11 is 0. The van der Waals surface area contributed by atoms with Crippen molar-refractivity contribution in [2.24, 2.45) is 0 Å². The highest BCUT2D eigenvalue weighted by molar-refractivity contribution is 6.05. The Kier molecular flexibility index (Phi) is 9.55. The van der Waals surface area contributed by atoms with Crippen LogP contribution in [0.2, 0.25) is 0 Å². The molecular weight excluding hydrogens is 492 g/mol. The number of anilines is 2. The lowest BCUT2D eigenvalue weighted by atomic mass is 10.1. The first-order valence-corrected chi connectivity index (χ1v) is 13.1. The molecule has 0 aliphatic rings. The molecule has 9 heteroatoms. The van der Waals surface area contributed by atoms with Gasteiger partial charge in [0.1, 0.15) is 0 Å². The van der Waals surface area contributed by atoms with E-state index in [1.54, 1.807) is 48.5 Å². The monoisotopic (exact) mass is 524 g/mol. The molecule has 0 fully saturated rings. The zero-order valence-corrected chi connectivity index (χ0v) is 21.9. The molecule has 9 nitrogen and oxygen atoms in total. The van der Waals surface area contributed by atoms with Crippen LogP contribution in [0.3, 0.4) is 0 Å². The van der Waals surface area contributed by atoms with Crippen molar-refractivity contribution < 1.29 is 14.4 Å². The summed E-state index contributed by atoms with van der Waals surface area (Å²) in [7, 11) is 0. The van der Waals surface area contributed by atoms with Gasteiger partial charge in [0.2, 0.25) is 11.9 Å². The van der Waals surface area contributed by atoms with E-state index in [2.05, 4.69) is 33.0 Å². The van der Waals surface area contributed by atoms with Crippen LogP contribution in [0, 0.1) is 0 Å². The number of rotatable bonds is 12. The number of carbonyl (C=O) groups excluding carboxylic acids is 3. The van der Waals surface area contributed by atoms with Crippen LogP contribution in [0.25, 0.3) is 5.69 Å². The van der Waals surface area contributed by atoms with Gasteiger partial charge < -0.3 is 5.32 Å². The average molecular weight is 525 g/mol. The van der Waals surface area contributed by atoms with Gasteiger partial charge in [0.15, 0.2) is 0 Å². The van der Waals surface area contributed by atoms with Crippen molar-refractivity contribution in [3.63, 3.8) is 0 Å². The fraction of sp³-hybridized carbons (Fsp3) is 0.233. The van der Waals surface area contributed by atoms with E-state index in [1.165, 1.54) is 4.68 Å². The first-order chi connectivity index (χ1) is 19.0. The molecule has 39 heavy (non-hydrogen) atoms. The molecule has 0 spiro atoms. The summed E-state index contributed by atoms with van der Waals surface area (Å²) in [5.74, 6) is -0.490. The fourth-order valence-electron chi connectivity index (χ4n) is 3.91. The maximum atomic E-state index is 12.9. The number of hydrogen-bond donors (Lipinski definition) is 3. The largest absolute Gasteiger partial charge is 0.352 e. The highest BCUT2D eigenvalue weighted by atomic mass is 16.2. The van der Waals surface area contributed by atoms with Crippen LogP contribution in [0.1, 0.15) is 65.3 Å². The van der Waals surface area contributed by atoms with Crippen molar-refractivity contribution >= 4 is 29.6 Å². The van der Waals surface area contributed by atoms with Crippen molar-refractivity contribution in [3.05, 3.63) is 102 Å². The predicted molar refractivity (Wildman–Crippen MR) is 151 cm³/mol. The Hall–Kier alpha value is -4.79. The third-order valence-corrected chi connectivity index (χ3v) is 6.06. The van der Waals surface area contributed by atoms with E-state index in [0.29, 0.717) is 29.8 Å². The van der Waals surface area contributed by atoms with Gasteiger partial charge in [-0.3, -0.25) is 25.0 Å². The molecule has 200 valence electrons. The molecule has 0 radical (unpaired) electrons. The number of aromatic nitrogens is 3. The molecule has 4 rings (SSSR count). The van der Waals surface area contributed by atoms with E-state index >= 15 is 0 Å². The van der Waals surface area contributed by atoms with Crippen LogP contribution in [-0.2, 0) is 11.3 Å². The van der Waals surface area contributed by atoms with Gasteiger partial charge in [0, 0.05) is 24.1 Å². The Morgan fingerprint density at radius 2 is 1.38 bits per heavy atom. The van der Waals surface area contributed by atoms with Gasteiger partial charge in [-0.15, -0.1) is 5.10 Å². The van der Waals surface area contributed by atoms with E-state index in [1.807, 2.05) is 36.4 Å². The molecule has 1 heterocycles. The van der Waals surface area contributed by atoms with Gasteiger partial charge in [0.05, 0.1) is 5.69 Å². The topological polar surface area (TPSA) is 118 Å². The first kappa shape index (κ1) is 27.3. The molecule has 0 unspecified atom stereocenters. The second-order valence-corrected chi connectivity index (χ2v) is 9.06. The summed E-state index contributed by atoms with van der Waals surface area (Å²) < 4.78 is 1.46. The number of unbranched alkanes of at least 4 members (excludes halogenated alkanes) is 3. The van der Waals surface area contributed by atoms with Crippen molar-refractivity contribution in [1.82, 2.24) is 20.1 Å². The summed E-state index contributed by atoms with van der Waals surface area (Å²) in [6.45, 7) is 2.55. The summed E-state index contributed by atoms with van der Waals surface area (Å²) in [5, 5.41) is 12.8. The van der Waals surface area contributed by atoms with Gasteiger partial charge in [-0.1, -0.05) is 74.7 Å². The Labute approximate surface area is 227 Å². The van der Waals surface area contributed by atoms with Gasteiger partial charge in [0.25, 0.3) is 17.8 Å². The molecule has 0 atom stereocenters. The molecule has 3 N–H and O–H groups in total. The van der Waals surface area contributed by atoms with Crippen molar-refractivity contribution in [2.45, 2.75) is 45.6 Å². The van der Waals surface area contributed by atoms with Crippen LogP contribution in [-0.4, -0.2) is 32.5 Å². The van der Waals surface area contributed by atoms with Crippen LogP contribution >= 0.6 is 0 Å². The number of amides is 3. The number of nitrogens with one attached hydrogen (secondary N) is 3. The number of para-hydroxylation sites is 1. The second kappa shape index (κ2) is 13.7. The van der Waals surface area contributed by atoms with Crippen molar-refractivity contribution in [1.29, 1.82) is 0 Å². The number of hydrogen-bond acceptors (Lipinski definition) is 5. The molecule has 3 aromatic carbocycles. The number of carbonyl (C=O) groups is 3. The van der Waals surface area contributed by atoms with Crippen LogP contribution in [0.5, 0.6) is 0 Å². The Morgan fingerprint density at radius 1 is 0.744 bits per heavy atom. The maximum Gasteiger partial charge on any atom is 0.258 e. The van der Waals surface area contributed by atoms with Gasteiger partial charge in [-0.2, -0.15) is 9.67 Å². The third-order valence-electron chi connectivity index (χ3n) is 6.06. The minimum Gasteiger partial charge on any atom is -0.352 e. The minimum absolute atomic E-state index is 0.0307. The van der Waals surface area contributed by atoms with Crippen LogP contribution < -0.4 is 16.0 Å². The fourth-order valence-corrected chi connectivity index (χ4v) is 3.91. The van der Waals surface area contributed by atoms with Gasteiger partial charge in [-0.05, 0) is 48.4 Å². The molecule has 0 saturated carbocycles. The number of benzene rings is 3. The van der Waals surface area contributed by atoms with E-state index in [-0.39, 0.29) is 23.7 Å². The van der Waals surface area contributed by atoms with Crippen molar-refractivity contribution in [3.8, 4) is 5.69 Å². The lowest BCUT2D eigenvalue weighted by Gasteiger charge is -2.07. The Morgan fingerprint density at radius 3 is 2.08 bits per heavy atom. The molecule has 4 aromatic rings. The molecule has 0 aliphatic heterocycles. The molecule has 0 aliphatic carbocycles. The van der Waals surface area contributed by atoms with E-state index in [9.17, 15) is 14.4 Å². The summed E-state index contributed by atoms with van der Waals surface area (Å²) in [5.41, 5.74) is 2.45. The zero-order valence-electron chi connectivity index (χ0n) is 21.9. The van der Waals surface area contributed by atoms with Crippen molar-refractivity contribution in [2.75, 3.05) is 10.6 Å². The first-order valence-electron chi connectivity index (χ1n) is 13.1. The van der Waals surface area contributed by atoms with E-state index < -0.39 is 5.91 Å². The van der Waals surface area contributed by atoms with Crippen LogP contribution in [0.15, 0.2) is 84.9 Å². The summed E-state index contributed by atoms with van der Waals surface area (Å²) in [6.07, 6.45) is 4.76. The predicted octanol–water partition coefficient (Wildman–Crippen LogP) is 5.36. The smallest absolute Gasteiger partial charge is 0.258 e. The SMILES string of the molecule is CCCCCCC(=O)NCc1ccc(C(=O)Nc2nc(NC(=O)c3ccccc3)n(-c3ccccc3)n2)cc1. The minimum atomic E-state index is -0.396.